The van der Waals surface area contributed by atoms with Crippen LogP contribution in [0.4, 0.5) is 0 Å². The van der Waals surface area contributed by atoms with Crippen molar-refractivity contribution < 1.29 is 0 Å². The standard InChI is InChI=1S/C16H17Cl2N/c1-12(15-11-14(17)7-8-16(15)18)19-10-9-13-5-3-2-4-6-13/h2-8,11-12,19H,9-10H2,1H3. The van der Waals surface area contributed by atoms with Crippen LogP contribution in [-0.2, 0) is 6.42 Å². The fourth-order valence-electron chi connectivity index (χ4n) is 2.03. The molecule has 0 heterocycles. The zero-order valence-electron chi connectivity index (χ0n) is 10.9. The topological polar surface area (TPSA) is 12.0 Å². The summed E-state index contributed by atoms with van der Waals surface area (Å²) in [6.45, 7) is 3.01. The molecule has 0 aliphatic carbocycles. The molecule has 0 aromatic heterocycles. The summed E-state index contributed by atoms with van der Waals surface area (Å²) in [6.07, 6.45) is 1.00. The number of hydrogen-bond acceptors (Lipinski definition) is 1. The number of rotatable bonds is 5. The Bertz CT molecular complexity index is 526. The van der Waals surface area contributed by atoms with Crippen molar-refractivity contribution in [3.8, 4) is 0 Å². The van der Waals surface area contributed by atoms with Gasteiger partial charge in [-0.05, 0) is 49.2 Å². The molecule has 0 fully saturated rings. The predicted molar refractivity (Wildman–Crippen MR) is 83.0 cm³/mol. The molecule has 0 bridgehead atoms. The number of nitrogens with one attached hydrogen (secondary N) is 1. The zero-order chi connectivity index (χ0) is 13.7. The minimum Gasteiger partial charge on any atom is -0.310 e. The van der Waals surface area contributed by atoms with Gasteiger partial charge in [-0.1, -0.05) is 53.5 Å². The van der Waals surface area contributed by atoms with Crippen LogP contribution in [0, 0.1) is 0 Å². The van der Waals surface area contributed by atoms with Crippen LogP contribution in [0.5, 0.6) is 0 Å². The summed E-state index contributed by atoms with van der Waals surface area (Å²) in [7, 11) is 0. The fourth-order valence-corrected chi connectivity index (χ4v) is 2.50. The Morgan fingerprint density at radius 1 is 1.05 bits per heavy atom. The van der Waals surface area contributed by atoms with Crippen LogP contribution in [0.3, 0.4) is 0 Å². The SMILES string of the molecule is CC(NCCc1ccccc1)c1cc(Cl)ccc1Cl. The maximum atomic E-state index is 6.19. The van der Waals surface area contributed by atoms with Gasteiger partial charge in [0.2, 0.25) is 0 Å². The van der Waals surface area contributed by atoms with Gasteiger partial charge >= 0.3 is 0 Å². The van der Waals surface area contributed by atoms with E-state index in [1.807, 2.05) is 24.3 Å². The Labute approximate surface area is 124 Å². The predicted octanol–water partition coefficient (Wildman–Crippen LogP) is 4.89. The Balaban J connectivity index is 1.91. The third kappa shape index (κ3) is 4.24. The van der Waals surface area contributed by atoms with Crippen LogP contribution in [0.15, 0.2) is 48.5 Å². The molecule has 100 valence electrons. The van der Waals surface area contributed by atoms with Gasteiger partial charge in [-0.25, -0.2) is 0 Å². The molecule has 0 saturated carbocycles. The molecule has 1 nitrogen and oxygen atoms in total. The summed E-state index contributed by atoms with van der Waals surface area (Å²) in [6, 6.07) is 16.2. The van der Waals surface area contributed by atoms with E-state index in [1.54, 1.807) is 0 Å². The third-order valence-electron chi connectivity index (χ3n) is 3.13. The molecule has 1 N–H and O–H groups in total. The molecule has 19 heavy (non-hydrogen) atoms. The second kappa shape index (κ2) is 6.95. The highest BCUT2D eigenvalue weighted by molar-refractivity contribution is 6.33. The van der Waals surface area contributed by atoms with Gasteiger partial charge in [-0.15, -0.1) is 0 Å². The van der Waals surface area contributed by atoms with Gasteiger partial charge in [0.25, 0.3) is 0 Å². The molecule has 0 radical (unpaired) electrons. The summed E-state index contributed by atoms with van der Waals surface area (Å²) >= 11 is 12.2. The highest BCUT2D eigenvalue weighted by Gasteiger charge is 2.09. The van der Waals surface area contributed by atoms with E-state index in [2.05, 4.69) is 36.5 Å². The molecule has 1 unspecified atom stereocenters. The van der Waals surface area contributed by atoms with Crippen LogP contribution in [-0.4, -0.2) is 6.54 Å². The van der Waals surface area contributed by atoms with Crippen LogP contribution in [0.25, 0.3) is 0 Å². The zero-order valence-corrected chi connectivity index (χ0v) is 12.4. The maximum absolute atomic E-state index is 6.19. The lowest BCUT2D eigenvalue weighted by atomic mass is 10.1. The minimum absolute atomic E-state index is 0.190. The van der Waals surface area contributed by atoms with Crippen molar-refractivity contribution in [2.24, 2.45) is 0 Å². The van der Waals surface area contributed by atoms with Gasteiger partial charge in [0.1, 0.15) is 0 Å². The molecule has 1 atom stereocenters. The molecule has 3 heteroatoms. The highest BCUT2D eigenvalue weighted by atomic mass is 35.5. The van der Waals surface area contributed by atoms with E-state index in [1.165, 1.54) is 5.56 Å². The number of benzene rings is 2. The molecule has 0 aliphatic rings. The third-order valence-corrected chi connectivity index (χ3v) is 3.71. The average Bonchev–Trinajstić information content (AvgIpc) is 2.42. The molecule has 2 rings (SSSR count). The van der Waals surface area contributed by atoms with Crippen molar-refractivity contribution in [1.82, 2.24) is 5.32 Å². The molecule has 2 aromatic carbocycles. The summed E-state index contributed by atoms with van der Waals surface area (Å²) in [5.74, 6) is 0. The summed E-state index contributed by atoms with van der Waals surface area (Å²) in [5.41, 5.74) is 2.38. The molecule has 0 spiro atoms. The van der Waals surface area contributed by atoms with Crippen molar-refractivity contribution in [2.45, 2.75) is 19.4 Å². The summed E-state index contributed by atoms with van der Waals surface area (Å²) in [5, 5.41) is 4.94. The highest BCUT2D eigenvalue weighted by Crippen LogP contribution is 2.26. The first-order chi connectivity index (χ1) is 9.16. The summed E-state index contributed by atoms with van der Waals surface area (Å²) < 4.78 is 0. The van der Waals surface area contributed by atoms with E-state index in [0.29, 0.717) is 0 Å². The first-order valence-electron chi connectivity index (χ1n) is 6.39. The summed E-state index contributed by atoms with van der Waals surface area (Å²) in [4.78, 5) is 0. The van der Waals surface area contributed by atoms with E-state index in [4.69, 9.17) is 23.2 Å². The van der Waals surface area contributed by atoms with E-state index in [-0.39, 0.29) is 6.04 Å². The van der Waals surface area contributed by atoms with Crippen molar-refractivity contribution in [2.75, 3.05) is 6.54 Å². The molecule has 0 amide bonds. The number of halogens is 2. The van der Waals surface area contributed by atoms with E-state index in [9.17, 15) is 0 Å². The first kappa shape index (κ1) is 14.4. The quantitative estimate of drug-likeness (QED) is 0.828. The van der Waals surface area contributed by atoms with Gasteiger partial charge in [0.15, 0.2) is 0 Å². The normalized spacial score (nSPS) is 12.4. The van der Waals surface area contributed by atoms with Crippen molar-refractivity contribution in [3.05, 3.63) is 69.7 Å². The average molecular weight is 294 g/mol. The van der Waals surface area contributed by atoms with Gasteiger partial charge in [-0.3, -0.25) is 0 Å². The second-order valence-electron chi connectivity index (χ2n) is 4.58. The van der Waals surface area contributed by atoms with Crippen LogP contribution < -0.4 is 5.32 Å². The molecule has 0 saturated heterocycles. The van der Waals surface area contributed by atoms with Gasteiger partial charge in [0, 0.05) is 16.1 Å². The van der Waals surface area contributed by atoms with Crippen LogP contribution >= 0.6 is 23.2 Å². The monoisotopic (exact) mass is 293 g/mol. The van der Waals surface area contributed by atoms with Crippen molar-refractivity contribution in [1.29, 1.82) is 0 Å². The van der Waals surface area contributed by atoms with Gasteiger partial charge < -0.3 is 5.32 Å². The fraction of sp³-hybridized carbons (Fsp3) is 0.250. The maximum Gasteiger partial charge on any atom is 0.0454 e. The Morgan fingerprint density at radius 2 is 1.79 bits per heavy atom. The Kier molecular flexibility index (Phi) is 5.26. The molecular weight excluding hydrogens is 277 g/mol. The van der Waals surface area contributed by atoms with Gasteiger partial charge in [-0.2, -0.15) is 0 Å². The van der Waals surface area contributed by atoms with Crippen molar-refractivity contribution in [3.63, 3.8) is 0 Å². The lowest BCUT2D eigenvalue weighted by Crippen LogP contribution is -2.21. The Morgan fingerprint density at radius 3 is 2.53 bits per heavy atom. The number of hydrogen-bond donors (Lipinski definition) is 1. The van der Waals surface area contributed by atoms with E-state index < -0.39 is 0 Å². The Hall–Kier alpha value is -1.02. The first-order valence-corrected chi connectivity index (χ1v) is 7.14. The molecule has 2 aromatic rings. The van der Waals surface area contributed by atoms with Crippen LogP contribution in [0.2, 0.25) is 10.0 Å². The molecule has 0 aliphatic heterocycles. The van der Waals surface area contributed by atoms with E-state index >= 15 is 0 Å². The lowest BCUT2D eigenvalue weighted by molar-refractivity contribution is 0.577. The van der Waals surface area contributed by atoms with Crippen molar-refractivity contribution >= 4 is 23.2 Å². The minimum atomic E-state index is 0.190. The largest absolute Gasteiger partial charge is 0.310 e. The van der Waals surface area contributed by atoms with Gasteiger partial charge in [0.05, 0.1) is 0 Å². The second-order valence-corrected chi connectivity index (χ2v) is 5.42. The van der Waals surface area contributed by atoms with E-state index in [0.717, 1.165) is 28.6 Å². The lowest BCUT2D eigenvalue weighted by Gasteiger charge is -2.16. The smallest absolute Gasteiger partial charge is 0.0454 e. The molecular formula is C16H17Cl2N. The van der Waals surface area contributed by atoms with Crippen LogP contribution in [0.1, 0.15) is 24.1 Å².